The molecule has 1 aromatic carbocycles. The van der Waals surface area contributed by atoms with E-state index < -0.39 is 28.3 Å². The van der Waals surface area contributed by atoms with Crippen LogP contribution in [0.5, 0.6) is 0 Å². The van der Waals surface area contributed by atoms with Gasteiger partial charge in [0.2, 0.25) is 0 Å². The minimum absolute atomic E-state index is 0.000711. The summed E-state index contributed by atoms with van der Waals surface area (Å²) in [6, 6.07) is 4.58. The van der Waals surface area contributed by atoms with Crippen LogP contribution in [-0.4, -0.2) is 38.4 Å². The van der Waals surface area contributed by atoms with Crippen molar-refractivity contribution in [3.05, 3.63) is 28.2 Å². The number of hydrogen-bond donors (Lipinski definition) is 1. The molecule has 1 amide bonds. The lowest BCUT2D eigenvalue weighted by atomic mass is 10.1. The summed E-state index contributed by atoms with van der Waals surface area (Å²) in [5.41, 5.74) is 0.433. The van der Waals surface area contributed by atoms with Crippen LogP contribution in [0.4, 0.5) is 5.69 Å². The molecule has 1 aliphatic rings. The third-order valence-corrected chi connectivity index (χ3v) is 5.93. The Hall–Kier alpha value is -1.31. The third kappa shape index (κ3) is 5.67. The lowest BCUT2D eigenvalue weighted by molar-refractivity contribution is -0.148. The topological polar surface area (TPSA) is 89.5 Å². The van der Waals surface area contributed by atoms with Crippen LogP contribution in [0.15, 0.2) is 18.2 Å². The first kappa shape index (κ1) is 18.0. The van der Waals surface area contributed by atoms with Crippen molar-refractivity contribution in [2.45, 2.75) is 12.8 Å². The number of carbonyl (C=O) groups is 2. The van der Waals surface area contributed by atoms with Crippen LogP contribution < -0.4 is 5.32 Å². The Morgan fingerprint density at radius 1 is 1.26 bits per heavy atom. The molecule has 0 aliphatic carbocycles. The summed E-state index contributed by atoms with van der Waals surface area (Å²) in [5, 5.41) is 3.18. The molecule has 1 atom stereocenters. The van der Waals surface area contributed by atoms with Gasteiger partial charge in [0, 0.05) is 12.1 Å². The predicted molar refractivity (Wildman–Crippen MR) is 87.4 cm³/mol. The zero-order valence-corrected chi connectivity index (χ0v) is 14.4. The summed E-state index contributed by atoms with van der Waals surface area (Å²) < 4.78 is 27.5. The first-order valence-corrected chi connectivity index (χ1v) is 9.44. The van der Waals surface area contributed by atoms with E-state index in [9.17, 15) is 18.0 Å². The van der Waals surface area contributed by atoms with Gasteiger partial charge in [0.15, 0.2) is 16.4 Å². The molecule has 1 aromatic rings. The smallest absolute Gasteiger partial charge is 0.306 e. The molecule has 0 aromatic heterocycles. The van der Waals surface area contributed by atoms with E-state index in [1.807, 2.05) is 0 Å². The van der Waals surface area contributed by atoms with E-state index in [0.717, 1.165) is 0 Å². The fourth-order valence-corrected chi connectivity index (χ4v) is 4.40. The number of hydrogen-bond acceptors (Lipinski definition) is 5. The highest BCUT2D eigenvalue weighted by Crippen LogP contribution is 2.25. The van der Waals surface area contributed by atoms with Crippen molar-refractivity contribution in [2.24, 2.45) is 5.92 Å². The SMILES string of the molecule is O=C(COC(=O)CC1CCS(=O)(=O)C1)Nc1ccc(Cl)c(Cl)c1. The van der Waals surface area contributed by atoms with E-state index >= 15 is 0 Å². The van der Waals surface area contributed by atoms with Gasteiger partial charge in [0.25, 0.3) is 5.91 Å². The van der Waals surface area contributed by atoms with Crippen LogP contribution in [0.2, 0.25) is 10.0 Å². The molecule has 1 aliphatic heterocycles. The lowest BCUT2D eigenvalue weighted by Gasteiger charge is -2.09. The number of rotatable bonds is 5. The zero-order valence-electron chi connectivity index (χ0n) is 12.1. The summed E-state index contributed by atoms with van der Waals surface area (Å²) in [4.78, 5) is 23.3. The monoisotopic (exact) mass is 379 g/mol. The van der Waals surface area contributed by atoms with Crippen molar-refractivity contribution in [1.82, 2.24) is 0 Å². The molecule has 0 radical (unpaired) electrons. The van der Waals surface area contributed by atoms with Gasteiger partial charge in [-0.1, -0.05) is 23.2 Å². The van der Waals surface area contributed by atoms with Gasteiger partial charge in [0.05, 0.1) is 21.6 Å². The van der Waals surface area contributed by atoms with Gasteiger partial charge in [-0.25, -0.2) is 8.42 Å². The Morgan fingerprint density at radius 3 is 2.61 bits per heavy atom. The van der Waals surface area contributed by atoms with Gasteiger partial charge < -0.3 is 10.1 Å². The van der Waals surface area contributed by atoms with Gasteiger partial charge in [0.1, 0.15) is 0 Å². The van der Waals surface area contributed by atoms with Crippen molar-refractivity contribution in [3.63, 3.8) is 0 Å². The second kappa shape index (κ2) is 7.51. The van der Waals surface area contributed by atoms with Crippen LogP contribution in [0.3, 0.4) is 0 Å². The number of carbonyl (C=O) groups excluding carboxylic acids is 2. The van der Waals surface area contributed by atoms with E-state index in [2.05, 4.69) is 5.32 Å². The summed E-state index contributed by atoms with van der Waals surface area (Å²) in [6.07, 6.45) is 0.451. The maximum atomic E-state index is 11.7. The standard InChI is InChI=1S/C14H15Cl2NO5S/c15-11-2-1-10(6-12(11)16)17-13(18)7-22-14(19)5-9-3-4-23(20,21)8-9/h1-2,6,9H,3-5,7-8H2,(H,17,18). The number of nitrogens with one attached hydrogen (secondary N) is 1. The first-order chi connectivity index (χ1) is 10.7. The molecular formula is C14H15Cl2NO5S. The van der Waals surface area contributed by atoms with Crippen molar-refractivity contribution < 1.29 is 22.7 Å². The molecule has 1 unspecified atom stereocenters. The maximum absolute atomic E-state index is 11.7. The Bertz CT molecular complexity index is 720. The molecule has 9 heteroatoms. The molecule has 23 heavy (non-hydrogen) atoms. The zero-order chi connectivity index (χ0) is 17.0. The molecule has 1 heterocycles. The van der Waals surface area contributed by atoms with E-state index in [0.29, 0.717) is 22.2 Å². The van der Waals surface area contributed by atoms with Gasteiger partial charge in [-0.2, -0.15) is 0 Å². The fraction of sp³-hybridized carbons (Fsp3) is 0.429. The Morgan fingerprint density at radius 2 is 2.00 bits per heavy atom. The average molecular weight is 380 g/mol. The van der Waals surface area contributed by atoms with Gasteiger partial charge in [-0.15, -0.1) is 0 Å². The van der Waals surface area contributed by atoms with Gasteiger partial charge >= 0.3 is 5.97 Å². The minimum Gasteiger partial charge on any atom is -0.456 e. The van der Waals surface area contributed by atoms with E-state index in [1.54, 1.807) is 6.07 Å². The molecule has 2 rings (SSSR count). The van der Waals surface area contributed by atoms with E-state index in [1.165, 1.54) is 12.1 Å². The van der Waals surface area contributed by atoms with Crippen molar-refractivity contribution in [3.8, 4) is 0 Å². The minimum atomic E-state index is -3.03. The number of amides is 1. The highest BCUT2D eigenvalue weighted by Gasteiger charge is 2.29. The first-order valence-electron chi connectivity index (χ1n) is 6.86. The van der Waals surface area contributed by atoms with Crippen LogP contribution in [0.25, 0.3) is 0 Å². The number of sulfone groups is 1. The lowest BCUT2D eigenvalue weighted by Crippen LogP contribution is -2.22. The molecule has 126 valence electrons. The number of esters is 1. The largest absolute Gasteiger partial charge is 0.456 e. The molecule has 1 N–H and O–H groups in total. The van der Waals surface area contributed by atoms with Crippen LogP contribution in [0.1, 0.15) is 12.8 Å². The van der Waals surface area contributed by atoms with Crippen molar-refractivity contribution >= 4 is 50.6 Å². The fourth-order valence-electron chi connectivity index (χ4n) is 2.24. The Kier molecular flexibility index (Phi) is 5.89. The van der Waals surface area contributed by atoms with Crippen LogP contribution in [0, 0.1) is 5.92 Å². The molecule has 1 fully saturated rings. The molecular weight excluding hydrogens is 365 g/mol. The summed E-state index contributed by atoms with van der Waals surface area (Å²) in [5.74, 6) is -1.24. The molecule has 0 saturated carbocycles. The second-order valence-electron chi connectivity index (χ2n) is 5.31. The molecule has 1 saturated heterocycles. The van der Waals surface area contributed by atoms with Crippen LogP contribution >= 0.6 is 23.2 Å². The highest BCUT2D eigenvalue weighted by molar-refractivity contribution is 7.91. The van der Waals surface area contributed by atoms with Gasteiger partial charge in [-0.05, 0) is 30.5 Å². The summed E-state index contributed by atoms with van der Waals surface area (Å²) in [6.45, 7) is -0.446. The number of anilines is 1. The summed E-state index contributed by atoms with van der Waals surface area (Å²) in [7, 11) is -3.03. The third-order valence-electron chi connectivity index (χ3n) is 3.35. The number of benzene rings is 1. The Balaban J connectivity index is 1.75. The number of ether oxygens (including phenoxy) is 1. The predicted octanol–water partition coefficient (Wildman–Crippen LogP) is 2.30. The second-order valence-corrected chi connectivity index (χ2v) is 8.35. The van der Waals surface area contributed by atoms with Crippen LogP contribution in [-0.2, 0) is 24.2 Å². The van der Waals surface area contributed by atoms with E-state index in [4.69, 9.17) is 27.9 Å². The maximum Gasteiger partial charge on any atom is 0.306 e. The summed E-state index contributed by atoms with van der Waals surface area (Å²) >= 11 is 11.6. The van der Waals surface area contributed by atoms with E-state index in [-0.39, 0.29) is 23.8 Å². The van der Waals surface area contributed by atoms with Gasteiger partial charge in [-0.3, -0.25) is 9.59 Å². The van der Waals surface area contributed by atoms with Crippen molar-refractivity contribution in [2.75, 3.05) is 23.4 Å². The average Bonchev–Trinajstić information content (AvgIpc) is 2.80. The van der Waals surface area contributed by atoms with Crippen molar-refractivity contribution in [1.29, 1.82) is 0 Å². The molecule has 0 bridgehead atoms. The number of halogens is 2. The quantitative estimate of drug-likeness (QED) is 0.792. The Labute approximate surface area is 144 Å². The molecule has 0 spiro atoms. The normalized spacial score (nSPS) is 19.3. The highest BCUT2D eigenvalue weighted by atomic mass is 35.5. The molecule has 6 nitrogen and oxygen atoms in total.